The van der Waals surface area contributed by atoms with Crippen molar-refractivity contribution in [2.45, 2.75) is 63.9 Å². The predicted molar refractivity (Wildman–Crippen MR) is 107 cm³/mol. The fourth-order valence-corrected chi connectivity index (χ4v) is 4.26. The maximum Gasteiger partial charge on any atom is 0.230 e. The number of nitrogens with zero attached hydrogens (tertiary/aromatic N) is 3. The number of amides is 1. The van der Waals surface area contributed by atoms with Crippen LogP contribution in [0.5, 0.6) is 5.75 Å². The summed E-state index contributed by atoms with van der Waals surface area (Å²) in [5, 5.41) is 12.4. The van der Waals surface area contributed by atoms with Crippen LogP contribution in [0.2, 0.25) is 0 Å². The Bertz CT molecular complexity index is 735. The number of para-hydroxylation sites is 1. The van der Waals surface area contributed by atoms with Gasteiger partial charge >= 0.3 is 0 Å². The van der Waals surface area contributed by atoms with Crippen molar-refractivity contribution in [3.8, 4) is 5.75 Å². The van der Waals surface area contributed by atoms with Crippen molar-refractivity contribution in [3.63, 3.8) is 0 Å². The maximum absolute atomic E-state index is 12.3. The van der Waals surface area contributed by atoms with Gasteiger partial charge in [0.25, 0.3) is 0 Å². The number of carbonyl (C=O) groups excluding carboxylic acids is 1. The molecule has 2 aromatic rings. The van der Waals surface area contributed by atoms with Crippen molar-refractivity contribution in [2.24, 2.45) is 5.92 Å². The van der Waals surface area contributed by atoms with Crippen LogP contribution in [0, 0.1) is 5.92 Å². The lowest BCUT2D eigenvalue weighted by Gasteiger charge is -2.29. The minimum absolute atomic E-state index is 0.0755. The second-order valence-electron chi connectivity index (χ2n) is 6.97. The summed E-state index contributed by atoms with van der Waals surface area (Å²) in [6.45, 7) is 5.37. The zero-order valence-electron chi connectivity index (χ0n) is 16.1. The van der Waals surface area contributed by atoms with Gasteiger partial charge in [-0.3, -0.25) is 4.79 Å². The molecule has 1 fully saturated rings. The van der Waals surface area contributed by atoms with Crippen molar-refractivity contribution in [1.29, 1.82) is 0 Å². The zero-order chi connectivity index (χ0) is 19.1. The van der Waals surface area contributed by atoms with Crippen LogP contribution in [0.25, 0.3) is 0 Å². The molecule has 0 saturated heterocycles. The van der Waals surface area contributed by atoms with E-state index in [0.717, 1.165) is 29.7 Å². The number of hydrogen-bond acceptors (Lipinski definition) is 5. The quantitative estimate of drug-likeness (QED) is 0.699. The number of aromatic nitrogens is 3. The summed E-state index contributed by atoms with van der Waals surface area (Å²) < 4.78 is 7.78. The van der Waals surface area contributed by atoms with Gasteiger partial charge in [-0.2, -0.15) is 0 Å². The highest BCUT2D eigenvalue weighted by Crippen LogP contribution is 2.24. The van der Waals surface area contributed by atoms with Crippen molar-refractivity contribution in [1.82, 2.24) is 20.1 Å². The van der Waals surface area contributed by atoms with Crippen LogP contribution in [0.15, 0.2) is 35.5 Å². The van der Waals surface area contributed by atoms with E-state index in [9.17, 15) is 4.79 Å². The molecule has 1 amide bonds. The van der Waals surface area contributed by atoms with Gasteiger partial charge < -0.3 is 14.6 Å². The molecule has 7 heteroatoms. The first-order chi connectivity index (χ1) is 13.2. The lowest BCUT2D eigenvalue weighted by atomic mass is 9.86. The topological polar surface area (TPSA) is 69.0 Å². The highest BCUT2D eigenvalue weighted by Gasteiger charge is 2.23. The van der Waals surface area contributed by atoms with Gasteiger partial charge in [0.15, 0.2) is 11.0 Å². The van der Waals surface area contributed by atoms with Crippen molar-refractivity contribution >= 4 is 17.7 Å². The molecule has 0 bridgehead atoms. The normalized spacial score (nSPS) is 19.6. The van der Waals surface area contributed by atoms with E-state index in [1.807, 2.05) is 41.8 Å². The molecule has 1 heterocycles. The second kappa shape index (κ2) is 9.78. The van der Waals surface area contributed by atoms with Gasteiger partial charge in [-0.05, 0) is 37.8 Å². The average Bonchev–Trinajstić information content (AvgIpc) is 3.09. The molecule has 3 rings (SSSR count). The molecule has 1 aliphatic carbocycles. The molecule has 1 saturated carbocycles. The van der Waals surface area contributed by atoms with E-state index >= 15 is 0 Å². The number of carbonyl (C=O) groups is 1. The van der Waals surface area contributed by atoms with Gasteiger partial charge in [0.1, 0.15) is 12.4 Å². The van der Waals surface area contributed by atoms with Gasteiger partial charge in [0.05, 0.1) is 5.75 Å². The summed E-state index contributed by atoms with van der Waals surface area (Å²) in [7, 11) is 0. The van der Waals surface area contributed by atoms with Crippen LogP contribution in [0.3, 0.4) is 0 Å². The fourth-order valence-electron chi connectivity index (χ4n) is 3.42. The predicted octanol–water partition coefficient (Wildman–Crippen LogP) is 3.66. The smallest absolute Gasteiger partial charge is 0.230 e. The minimum atomic E-state index is 0.0755. The first-order valence-electron chi connectivity index (χ1n) is 9.69. The van der Waals surface area contributed by atoms with E-state index < -0.39 is 0 Å². The Hall–Kier alpha value is -2.02. The molecule has 0 aliphatic heterocycles. The Morgan fingerprint density at radius 1 is 1.26 bits per heavy atom. The molecule has 1 aromatic heterocycles. The monoisotopic (exact) mass is 388 g/mol. The lowest BCUT2D eigenvalue weighted by molar-refractivity contribution is -0.119. The molecule has 6 nitrogen and oxygen atoms in total. The summed E-state index contributed by atoms with van der Waals surface area (Å²) in [6, 6.07) is 9.97. The van der Waals surface area contributed by atoms with E-state index in [1.165, 1.54) is 31.0 Å². The molecule has 1 N–H and O–H groups in total. The maximum atomic E-state index is 12.3. The molecule has 0 unspecified atom stereocenters. The molecular formula is C20H28N4O2S. The fraction of sp³-hybridized carbons (Fsp3) is 0.550. The van der Waals surface area contributed by atoms with Crippen LogP contribution >= 0.6 is 11.8 Å². The number of ether oxygens (including phenoxy) is 1. The lowest BCUT2D eigenvalue weighted by Crippen LogP contribution is -2.41. The van der Waals surface area contributed by atoms with E-state index in [-0.39, 0.29) is 5.91 Å². The Labute approximate surface area is 165 Å². The highest BCUT2D eigenvalue weighted by molar-refractivity contribution is 7.99. The number of hydrogen-bond donors (Lipinski definition) is 1. The Morgan fingerprint density at radius 3 is 2.78 bits per heavy atom. The highest BCUT2D eigenvalue weighted by atomic mass is 32.2. The largest absolute Gasteiger partial charge is 0.486 e. The third-order valence-electron chi connectivity index (χ3n) is 5.01. The molecule has 146 valence electrons. The summed E-state index contributed by atoms with van der Waals surface area (Å²) >= 11 is 1.43. The van der Waals surface area contributed by atoms with Crippen molar-refractivity contribution in [3.05, 3.63) is 36.2 Å². The molecule has 27 heavy (non-hydrogen) atoms. The number of thioether (sulfide) groups is 1. The van der Waals surface area contributed by atoms with Crippen LogP contribution in [0.1, 0.15) is 45.4 Å². The third-order valence-corrected chi connectivity index (χ3v) is 5.98. The van der Waals surface area contributed by atoms with Crippen molar-refractivity contribution < 1.29 is 9.53 Å². The van der Waals surface area contributed by atoms with E-state index in [2.05, 4.69) is 22.4 Å². The van der Waals surface area contributed by atoms with Gasteiger partial charge in [0.2, 0.25) is 5.91 Å². The molecule has 0 radical (unpaired) electrons. The van der Waals surface area contributed by atoms with E-state index in [0.29, 0.717) is 24.3 Å². The van der Waals surface area contributed by atoms with Crippen LogP contribution < -0.4 is 10.1 Å². The van der Waals surface area contributed by atoms with Crippen molar-refractivity contribution in [2.75, 3.05) is 5.75 Å². The standard InChI is InChI=1S/C20H28N4O2S/c1-3-24-18(13-26-16-10-5-4-6-11-16)22-23-20(24)27-14-19(25)21-17-12-8-7-9-15(17)2/h4-6,10-11,15,17H,3,7-9,12-14H2,1-2H3,(H,21,25)/t15-,17+/m1/s1. The number of benzene rings is 1. The number of nitrogens with one attached hydrogen (secondary N) is 1. The second-order valence-corrected chi connectivity index (χ2v) is 7.91. The molecular weight excluding hydrogens is 360 g/mol. The van der Waals surface area contributed by atoms with E-state index in [1.54, 1.807) is 0 Å². The van der Waals surface area contributed by atoms with Gasteiger partial charge in [0, 0.05) is 12.6 Å². The average molecular weight is 389 g/mol. The summed E-state index contributed by atoms with van der Waals surface area (Å²) in [5.41, 5.74) is 0. The van der Waals surface area contributed by atoms with Crippen LogP contribution in [-0.2, 0) is 17.9 Å². The van der Waals surface area contributed by atoms with Gasteiger partial charge in [-0.25, -0.2) is 0 Å². The third kappa shape index (κ3) is 5.48. The Morgan fingerprint density at radius 2 is 2.04 bits per heavy atom. The molecule has 1 aliphatic rings. The summed E-state index contributed by atoms with van der Waals surface area (Å²) in [5.74, 6) is 2.57. The summed E-state index contributed by atoms with van der Waals surface area (Å²) in [6.07, 6.45) is 4.77. The Balaban J connectivity index is 1.52. The number of rotatable bonds is 8. The molecule has 0 spiro atoms. The molecule has 1 aromatic carbocycles. The zero-order valence-corrected chi connectivity index (χ0v) is 16.9. The van der Waals surface area contributed by atoms with Gasteiger partial charge in [-0.15, -0.1) is 10.2 Å². The summed E-state index contributed by atoms with van der Waals surface area (Å²) in [4.78, 5) is 12.3. The molecule has 2 atom stereocenters. The van der Waals surface area contributed by atoms with E-state index in [4.69, 9.17) is 4.74 Å². The Kier molecular flexibility index (Phi) is 7.15. The minimum Gasteiger partial charge on any atom is -0.486 e. The van der Waals surface area contributed by atoms with Crippen LogP contribution in [0.4, 0.5) is 0 Å². The van der Waals surface area contributed by atoms with Crippen LogP contribution in [-0.4, -0.2) is 32.5 Å². The SMILES string of the molecule is CCn1c(COc2ccccc2)nnc1SCC(=O)N[C@H]1CCCC[C@H]1C. The first-order valence-corrected chi connectivity index (χ1v) is 10.7. The first kappa shape index (κ1) is 19.7. The van der Waals surface area contributed by atoms with Gasteiger partial charge in [-0.1, -0.05) is 49.7 Å².